The van der Waals surface area contributed by atoms with Crippen LogP contribution in [0.2, 0.25) is 0 Å². The van der Waals surface area contributed by atoms with Crippen molar-refractivity contribution in [2.45, 2.75) is 19.6 Å². The molecule has 2 aromatic rings. The molecule has 4 nitrogen and oxygen atoms in total. The molecule has 19 heavy (non-hydrogen) atoms. The molecule has 0 saturated heterocycles. The monoisotopic (exact) mass is 262 g/mol. The van der Waals surface area contributed by atoms with Gasteiger partial charge in [-0.05, 0) is 45.1 Å². The van der Waals surface area contributed by atoms with Gasteiger partial charge in [0, 0.05) is 24.2 Å². The zero-order valence-corrected chi connectivity index (χ0v) is 12.1. The van der Waals surface area contributed by atoms with E-state index in [1.165, 1.54) is 10.9 Å². The lowest BCUT2D eigenvalue weighted by atomic mass is 10.1. The first kappa shape index (κ1) is 13.9. The van der Waals surface area contributed by atoms with Gasteiger partial charge in [-0.1, -0.05) is 0 Å². The van der Waals surface area contributed by atoms with Gasteiger partial charge in [-0.2, -0.15) is 0 Å². The van der Waals surface area contributed by atoms with Crippen LogP contribution in [0.3, 0.4) is 0 Å². The molecule has 0 radical (unpaired) electrons. The number of aliphatic hydroxyl groups is 1. The van der Waals surface area contributed by atoms with E-state index in [-0.39, 0.29) is 0 Å². The lowest BCUT2D eigenvalue weighted by Crippen LogP contribution is -2.14. The maximum atomic E-state index is 9.89. The van der Waals surface area contributed by atoms with E-state index in [2.05, 4.69) is 25.1 Å². The van der Waals surface area contributed by atoms with Crippen LogP contribution in [0.1, 0.15) is 18.7 Å². The Hall–Kier alpha value is -1.52. The molecular formula is C15H22N2O2. The highest BCUT2D eigenvalue weighted by Crippen LogP contribution is 2.28. The van der Waals surface area contributed by atoms with Crippen LogP contribution in [0.15, 0.2) is 24.4 Å². The van der Waals surface area contributed by atoms with Crippen LogP contribution in [0.25, 0.3) is 10.9 Å². The van der Waals surface area contributed by atoms with E-state index in [4.69, 9.17) is 4.74 Å². The van der Waals surface area contributed by atoms with Crippen LogP contribution in [0, 0.1) is 0 Å². The third-order valence-corrected chi connectivity index (χ3v) is 3.35. The minimum atomic E-state index is -0.539. The second kappa shape index (κ2) is 5.63. The van der Waals surface area contributed by atoms with Crippen LogP contribution < -0.4 is 4.74 Å². The molecule has 1 aromatic carbocycles. The topological polar surface area (TPSA) is 37.6 Å². The van der Waals surface area contributed by atoms with E-state index in [0.29, 0.717) is 0 Å². The van der Waals surface area contributed by atoms with Crippen molar-refractivity contribution in [1.82, 2.24) is 9.47 Å². The Bertz CT molecular complexity index is 559. The summed E-state index contributed by atoms with van der Waals surface area (Å²) in [6.45, 7) is 2.76. The van der Waals surface area contributed by atoms with Crippen LogP contribution >= 0.6 is 0 Å². The van der Waals surface area contributed by atoms with Crippen molar-refractivity contribution in [3.63, 3.8) is 0 Å². The molecule has 0 aliphatic heterocycles. The van der Waals surface area contributed by atoms with Crippen molar-refractivity contribution in [2.75, 3.05) is 27.7 Å². The average molecular weight is 262 g/mol. The summed E-state index contributed by atoms with van der Waals surface area (Å²) in [6, 6.07) is 6.01. The number of hydrogen-bond donors (Lipinski definition) is 1. The van der Waals surface area contributed by atoms with Gasteiger partial charge in [0.05, 0.1) is 12.6 Å². The predicted molar refractivity (Wildman–Crippen MR) is 77.7 cm³/mol. The normalized spacial score (nSPS) is 13.2. The second-order valence-corrected chi connectivity index (χ2v) is 5.13. The minimum Gasteiger partial charge on any atom is -0.497 e. The number of methoxy groups -OCH3 is 1. The molecule has 0 saturated carbocycles. The van der Waals surface area contributed by atoms with Gasteiger partial charge in [0.25, 0.3) is 0 Å². The molecule has 0 fully saturated rings. The second-order valence-electron chi connectivity index (χ2n) is 5.13. The smallest absolute Gasteiger partial charge is 0.127 e. The first-order valence-electron chi connectivity index (χ1n) is 6.53. The highest BCUT2D eigenvalue weighted by Gasteiger charge is 2.12. The summed E-state index contributed by atoms with van der Waals surface area (Å²) in [5.74, 6) is 0.812. The highest BCUT2D eigenvalue weighted by atomic mass is 16.5. The fraction of sp³-hybridized carbons (Fsp3) is 0.467. The number of hydrogen-bond acceptors (Lipinski definition) is 3. The van der Waals surface area contributed by atoms with Crippen molar-refractivity contribution in [3.8, 4) is 5.75 Å². The van der Waals surface area contributed by atoms with Gasteiger partial charge in [0.1, 0.15) is 12.0 Å². The van der Waals surface area contributed by atoms with Gasteiger partial charge < -0.3 is 19.3 Å². The first-order valence-corrected chi connectivity index (χ1v) is 6.53. The third-order valence-electron chi connectivity index (χ3n) is 3.35. The molecule has 104 valence electrons. The molecule has 1 heterocycles. The zero-order chi connectivity index (χ0) is 14.0. The molecule has 2 rings (SSSR count). The number of rotatable bonds is 5. The minimum absolute atomic E-state index is 0.539. The summed E-state index contributed by atoms with van der Waals surface area (Å²) < 4.78 is 7.15. The number of aromatic nitrogens is 1. The summed E-state index contributed by atoms with van der Waals surface area (Å²) in [5.41, 5.74) is 2.27. The molecule has 4 heteroatoms. The Kier molecular flexibility index (Phi) is 4.12. The molecular weight excluding hydrogens is 240 g/mol. The molecule has 0 amide bonds. The van der Waals surface area contributed by atoms with Gasteiger partial charge in [-0.3, -0.25) is 0 Å². The van der Waals surface area contributed by atoms with E-state index < -0.39 is 6.23 Å². The third kappa shape index (κ3) is 2.91. The molecule has 0 spiro atoms. The average Bonchev–Trinajstić information content (AvgIpc) is 2.74. The predicted octanol–water partition coefficient (Wildman–Crippen LogP) is 2.26. The number of benzene rings is 1. The standard InChI is InChI=1S/C15H22N2O2/c1-11(18)17-10-12(7-8-16(2)3)14-6-5-13(19-4)9-15(14)17/h5-6,9-11,18H,7-8H2,1-4H3. The number of likely N-dealkylation sites (N-methyl/N-ethyl adjacent to an activating group) is 1. The fourth-order valence-electron chi connectivity index (χ4n) is 2.28. The SMILES string of the molecule is COc1ccc2c(CCN(C)C)cn(C(C)O)c2c1. The molecule has 1 N–H and O–H groups in total. The Morgan fingerprint density at radius 2 is 2.11 bits per heavy atom. The molecule has 0 aliphatic carbocycles. The van der Waals surface area contributed by atoms with E-state index in [1.54, 1.807) is 14.0 Å². The number of fused-ring (bicyclic) bond motifs is 1. The molecule has 0 bridgehead atoms. The van der Waals surface area contributed by atoms with Gasteiger partial charge in [-0.25, -0.2) is 0 Å². The van der Waals surface area contributed by atoms with Gasteiger partial charge in [-0.15, -0.1) is 0 Å². The summed E-state index contributed by atoms with van der Waals surface area (Å²) in [4.78, 5) is 2.16. The molecule has 1 unspecified atom stereocenters. The Morgan fingerprint density at radius 1 is 1.37 bits per heavy atom. The maximum Gasteiger partial charge on any atom is 0.127 e. The summed E-state index contributed by atoms with van der Waals surface area (Å²) in [6.07, 6.45) is 2.47. The lowest BCUT2D eigenvalue weighted by Gasteiger charge is -2.08. The van der Waals surface area contributed by atoms with E-state index in [9.17, 15) is 5.11 Å². The van der Waals surface area contributed by atoms with Crippen LogP contribution in [-0.2, 0) is 6.42 Å². The highest BCUT2D eigenvalue weighted by molar-refractivity contribution is 5.85. The van der Waals surface area contributed by atoms with Crippen molar-refractivity contribution in [1.29, 1.82) is 0 Å². The number of nitrogens with zero attached hydrogens (tertiary/aromatic N) is 2. The van der Waals surface area contributed by atoms with Crippen LogP contribution in [-0.4, -0.2) is 42.3 Å². The summed E-state index contributed by atoms with van der Waals surface area (Å²) >= 11 is 0. The van der Waals surface area contributed by atoms with Crippen LogP contribution in [0.5, 0.6) is 5.75 Å². The molecule has 1 atom stereocenters. The van der Waals surface area contributed by atoms with Crippen molar-refractivity contribution < 1.29 is 9.84 Å². The quantitative estimate of drug-likeness (QED) is 0.898. The van der Waals surface area contributed by atoms with Crippen molar-refractivity contribution in [3.05, 3.63) is 30.0 Å². The Balaban J connectivity index is 2.47. The largest absolute Gasteiger partial charge is 0.497 e. The van der Waals surface area contributed by atoms with E-state index in [1.807, 2.05) is 22.9 Å². The van der Waals surface area contributed by atoms with Gasteiger partial charge in [0.2, 0.25) is 0 Å². The van der Waals surface area contributed by atoms with Crippen molar-refractivity contribution >= 4 is 10.9 Å². The van der Waals surface area contributed by atoms with E-state index >= 15 is 0 Å². The van der Waals surface area contributed by atoms with Gasteiger partial charge >= 0.3 is 0 Å². The first-order chi connectivity index (χ1) is 9.02. The zero-order valence-electron chi connectivity index (χ0n) is 12.1. The lowest BCUT2D eigenvalue weighted by molar-refractivity contribution is 0.129. The molecule has 0 aliphatic rings. The fourth-order valence-corrected chi connectivity index (χ4v) is 2.28. The van der Waals surface area contributed by atoms with Crippen LogP contribution in [0.4, 0.5) is 0 Å². The van der Waals surface area contributed by atoms with Gasteiger partial charge in [0.15, 0.2) is 0 Å². The Labute approximate surface area is 114 Å². The summed E-state index contributed by atoms with van der Waals surface area (Å²) in [7, 11) is 5.79. The van der Waals surface area contributed by atoms with E-state index in [0.717, 1.165) is 24.2 Å². The molecule has 1 aromatic heterocycles. The number of ether oxygens (including phenoxy) is 1. The maximum absolute atomic E-state index is 9.89. The Morgan fingerprint density at radius 3 is 2.68 bits per heavy atom. The van der Waals surface area contributed by atoms with Crippen molar-refractivity contribution in [2.24, 2.45) is 0 Å². The summed E-state index contributed by atoms with van der Waals surface area (Å²) in [5, 5.41) is 11.1. The number of aliphatic hydroxyl groups excluding tert-OH is 1.